The van der Waals surface area contributed by atoms with Crippen molar-refractivity contribution in [1.82, 2.24) is 10.2 Å². The van der Waals surface area contributed by atoms with Gasteiger partial charge in [-0.15, -0.1) is 11.8 Å². The van der Waals surface area contributed by atoms with E-state index in [4.69, 9.17) is 23.2 Å². The number of halogens is 2. The molecule has 36 heavy (non-hydrogen) atoms. The van der Waals surface area contributed by atoms with Crippen LogP contribution >= 0.6 is 35.0 Å². The van der Waals surface area contributed by atoms with Crippen LogP contribution in [-0.2, 0) is 28.3 Å². The summed E-state index contributed by atoms with van der Waals surface area (Å²) in [5.41, 5.74) is 4.13. The first kappa shape index (κ1) is 28.1. The Morgan fingerprint density at radius 2 is 1.67 bits per heavy atom. The van der Waals surface area contributed by atoms with Crippen LogP contribution in [0.3, 0.4) is 0 Å². The van der Waals surface area contributed by atoms with Gasteiger partial charge in [-0.1, -0.05) is 90.8 Å². The van der Waals surface area contributed by atoms with Gasteiger partial charge in [0.2, 0.25) is 11.8 Å². The summed E-state index contributed by atoms with van der Waals surface area (Å²) in [6.45, 7) is 4.99. The van der Waals surface area contributed by atoms with Gasteiger partial charge in [0.25, 0.3) is 0 Å². The number of rotatable bonds is 12. The molecule has 0 spiro atoms. The molecule has 0 aliphatic heterocycles. The van der Waals surface area contributed by atoms with Crippen molar-refractivity contribution in [3.8, 4) is 0 Å². The monoisotopic (exact) mass is 542 g/mol. The Labute approximate surface area is 228 Å². The van der Waals surface area contributed by atoms with E-state index in [-0.39, 0.29) is 17.6 Å². The van der Waals surface area contributed by atoms with Crippen LogP contribution in [0.25, 0.3) is 0 Å². The molecule has 1 unspecified atom stereocenters. The zero-order valence-electron chi connectivity index (χ0n) is 20.7. The number of aryl methyl sites for hydroxylation is 1. The highest BCUT2D eigenvalue weighted by atomic mass is 35.5. The first-order chi connectivity index (χ1) is 17.4. The molecule has 0 saturated carbocycles. The Kier molecular flexibility index (Phi) is 11.2. The topological polar surface area (TPSA) is 49.4 Å². The van der Waals surface area contributed by atoms with Crippen LogP contribution in [0.5, 0.6) is 0 Å². The molecule has 0 aliphatic rings. The highest BCUT2D eigenvalue weighted by Crippen LogP contribution is 2.25. The number of amides is 2. The minimum atomic E-state index is -0.614. The molecule has 0 aliphatic carbocycles. The Morgan fingerprint density at radius 1 is 0.944 bits per heavy atom. The molecule has 4 nitrogen and oxygen atoms in total. The predicted molar refractivity (Wildman–Crippen MR) is 152 cm³/mol. The molecule has 3 aromatic rings. The molecule has 190 valence electrons. The molecular weight excluding hydrogens is 511 g/mol. The second kappa shape index (κ2) is 14.3. The van der Waals surface area contributed by atoms with E-state index in [2.05, 4.69) is 5.32 Å². The molecule has 3 aromatic carbocycles. The SMILES string of the molecule is CCCNC(=O)C(Cc1ccccc1)N(Cc1ccccc1C)C(=O)CSCc1ccc(Cl)c(Cl)c1. The Bertz CT molecular complexity index is 1160. The highest BCUT2D eigenvalue weighted by Gasteiger charge is 2.30. The number of nitrogens with one attached hydrogen (secondary N) is 1. The van der Waals surface area contributed by atoms with E-state index in [1.54, 1.807) is 11.0 Å². The summed E-state index contributed by atoms with van der Waals surface area (Å²) in [6, 6.07) is 22.7. The van der Waals surface area contributed by atoms with E-state index in [1.165, 1.54) is 11.8 Å². The predicted octanol–water partition coefficient (Wildman–Crippen LogP) is 6.70. The number of hydrogen-bond acceptors (Lipinski definition) is 3. The maximum Gasteiger partial charge on any atom is 0.243 e. The summed E-state index contributed by atoms with van der Waals surface area (Å²) in [5.74, 6) is 0.665. The van der Waals surface area contributed by atoms with Gasteiger partial charge in [-0.2, -0.15) is 0 Å². The van der Waals surface area contributed by atoms with Crippen molar-refractivity contribution in [2.45, 2.75) is 45.0 Å². The minimum absolute atomic E-state index is 0.0732. The van der Waals surface area contributed by atoms with E-state index in [1.807, 2.05) is 80.6 Å². The normalized spacial score (nSPS) is 11.7. The largest absolute Gasteiger partial charge is 0.354 e. The molecule has 1 atom stereocenters. The molecule has 1 N–H and O–H groups in total. The lowest BCUT2D eigenvalue weighted by molar-refractivity contribution is -0.139. The van der Waals surface area contributed by atoms with Crippen molar-refractivity contribution in [1.29, 1.82) is 0 Å². The summed E-state index contributed by atoms with van der Waals surface area (Å²) >= 11 is 13.7. The first-order valence-electron chi connectivity index (χ1n) is 12.1. The molecule has 0 fully saturated rings. The fourth-order valence-corrected chi connectivity index (χ4v) is 5.04. The van der Waals surface area contributed by atoms with Gasteiger partial charge < -0.3 is 10.2 Å². The summed E-state index contributed by atoms with van der Waals surface area (Å²) < 4.78 is 0. The van der Waals surface area contributed by atoms with Crippen molar-refractivity contribution >= 4 is 46.8 Å². The van der Waals surface area contributed by atoms with Crippen LogP contribution < -0.4 is 5.32 Å². The van der Waals surface area contributed by atoms with E-state index in [0.29, 0.717) is 35.3 Å². The van der Waals surface area contributed by atoms with Crippen molar-refractivity contribution in [2.24, 2.45) is 0 Å². The lowest BCUT2D eigenvalue weighted by atomic mass is 10.0. The van der Waals surface area contributed by atoms with Crippen LogP contribution in [0.1, 0.15) is 35.6 Å². The average Bonchev–Trinajstić information content (AvgIpc) is 2.88. The smallest absolute Gasteiger partial charge is 0.243 e. The number of carbonyl (C=O) groups excluding carboxylic acids is 2. The first-order valence-corrected chi connectivity index (χ1v) is 14.0. The highest BCUT2D eigenvalue weighted by molar-refractivity contribution is 7.99. The second-order valence-corrected chi connectivity index (χ2v) is 10.5. The van der Waals surface area contributed by atoms with Crippen LogP contribution in [0.15, 0.2) is 72.8 Å². The van der Waals surface area contributed by atoms with E-state index in [0.717, 1.165) is 28.7 Å². The van der Waals surface area contributed by atoms with Gasteiger partial charge in [0.15, 0.2) is 0 Å². The van der Waals surface area contributed by atoms with E-state index < -0.39 is 6.04 Å². The zero-order chi connectivity index (χ0) is 25.9. The molecule has 0 bridgehead atoms. The lowest BCUT2D eigenvalue weighted by Gasteiger charge is -2.32. The lowest BCUT2D eigenvalue weighted by Crippen LogP contribution is -2.51. The van der Waals surface area contributed by atoms with Crippen molar-refractivity contribution in [3.05, 3.63) is 105 Å². The van der Waals surface area contributed by atoms with Crippen LogP contribution in [-0.4, -0.2) is 35.1 Å². The third kappa shape index (κ3) is 8.29. The van der Waals surface area contributed by atoms with E-state index in [9.17, 15) is 9.59 Å². The fourth-order valence-electron chi connectivity index (χ4n) is 3.86. The fraction of sp³-hybridized carbons (Fsp3) is 0.310. The van der Waals surface area contributed by atoms with Gasteiger partial charge in [0.05, 0.1) is 15.8 Å². The van der Waals surface area contributed by atoms with Crippen LogP contribution in [0.4, 0.5) is 0 Å². The second-order valence-electron chi connectivity index (χ2n) is 8.69. The maximum absolute atomic E-state index is 13.7. The number of nitrogens with zero attached hydrogens (tertiary/aromatic N) is 1. The maximum atomic E-state index is 13.7. The average molecular weight is 544 g/mol. The van der Waals surface area contributed by atoms with Gasteiger partial charge >= 0.3 is 0 Å². The zero-order valence-corrected chi connectivity index (χ0v) is 23.0. The van der Waals surface area contributed by atoms with Crippen molar-refractivity contribution in [3.63, 3.8) is 0 Å². The summed E-state index contributed by atoms with van der Waals surface area (Å²) in [7, 11) is 0. The van der Waals surface area contributed by atoms with Crippen molar-refractivity contribution < 1.29 is 9.59 Å². The summed E-state index contributed by atoms with van der Waals surface area (Å²) in [6.07, 6.45) is 1.28. The van der Waals surface area contributed by atoms with Crippen LogP contribution in [0.2, 0.25) is 10.0 Å². The standard InChI is InChI=1S/C29H32Cl2N2O2S/c1-3-15-32-29(35)27(17-22-10-5-4-6-11-22)33(18-24-12-8-7-9-21(24)2)28(34)20-36-19-23-13-14-25(30)26(31)16-23/h4-14,16,27H,3,15,17-20H2,1-2H3,(H,32,35). The van der Waals surface area contributed by atoms with Gasteiger partial charge in [-0.25, -0.2) is 0 Å². The Hall–Kier alpha value is -2.47. The molecule has 3 rings (SSSR count). The number of hydrogen-bond donors (Lipinski definition) is 1. The molecule has 2 amide bonds. The number of benzene rings is 3. The van der Waals surface area contributed by atoms with Gasteiger partial charge in [-0.05, 0) is 47.7 Å². The number of thioether (sulfide) groups is 1. The van der Waals surface area contributed by atoms with Crippen LogP contribution in [0, 0.1) is 6.92 Å². The summed E-state index contributed by atoms with van der Waals surface area (Å²) in [4.78, 5) is 28.7. The third-order valence-electron chi connectivity index (χ3n) is 5.90. The molecule has 7 heteroatoms. The minimum Gasteiger partial charge on any atom is -0.354 e. The Morgan fingerprint density at radius 3 is 2.36 bits per heavy atom. The van der Waals surface area contributed by atoms with Gasteiger partial charge in [0.1, 0.15) is 6.04 Å². The van der Waals surface area contributed by atoms with E-state index >= 15 is 0 Å². The van der Waals surface area contributed by atoms with Crippen molar-refractivity contribution in [2.75, 3.05) is 12.3 Å². The molecular formula is C29H32Cl2N2O2S. The number of carbonyl (C=O) groups is 2. The molecule has 0 radical (unpaired) electrons. The molecule has 0 aromatic heterocycles. The quantitative estimate of drug-likeness (QED) is 0.277. The third-order valence-corrected chi connectivity index (χ3v) is 7.63. The molecule has 0 saturated heterocycles. The Balaban J connectivity index is 1.84. The summed E-state index contributed by atoms with van der Waals surface area (Å²) in [5, 5.41) is 4.02. The van der Waals surface area contributed by atoms with Gasteiger partial charge in [0, 0.05) is 25.3 Å². The molecule has 0 heterocycles. The van der Waals surface area contributed by atoms with Gasteiger partial charge in [-0.3, -0.25) is 9.59 Å².